The Morgan fingerprint density at radius 2 is 1.75 bits per heavy atom. The van der Waals surface area contributed by atoms with Crippen molar-refractivity contribution in [2.24, 2.45) is 0 Å². The van der Waals surface area contributed by atoms with Gasteiger partial charge in [0.25, 0.3) is 0 Å². The molecule has 24 heavy (non-hydrogen) atoms. The first-order valence-corrected chi connectivity index (χ1v) is 8.51. The van der Waals surface area contributed by atoms with Gasteiger partial charge in [0.05, 0.1) is 13.2 Å². The van der Waals surface area contributed by atoms with Gasteiger partial charge >= 0.3 is 0 Å². The van der Waals surface area contributed by atoms with E-state index in [4.69, 9.17) is 4.74 Å². The number of ether oxygens (including phenoxy) is 1. The molecule has 1 aliphatic heterocycles. The van der Waals surface area contributed by atoms with Gasteiger partial charge in [-0.1, -0.05) is 35.9 Å². The molecule has 1 saturated heterocycles. The van der Waals surface area contributed by atoms with Crippen molar-refractivity contribution in [2.75, 3.05) is 44.7 Å². The Kier molecular flexibility index (Phi) is 5.38. The van der Waals surface area contributed by atoms with Gasteiger partial charge in [-0.3, -0.25) is 4.90 Å². The number of aryl methyl sites for hydroxylation is 1. The molecule has 0 unspecified atom stereocenters. The van der Waals surface area contributed by atoms with Gasteiger partial charge in [0.2, 0.25) is 0 Å². The van der Waals surface area contributed by atoms with Crippen LogP contribution in [0.1, 0.15) is 17.2 Å². The Labute approximate surface area is 144 Å². The molecule has 2 aromatic rings. The second-order valence-corrected chi connectivity index (χ2v) is 6.42. The maximum atomic E-state index is 10.4. The molecular weight excluding hydrogens is 300 g/mol. The molecule has 1 aliphatic rings. The number of rotatable bonds is 5. The highest BCUT2D eigenvalue weighted by Crippen LogP contribution is 2.23. The summed E-state index contributed by atoms with van der Waals surface area (Å²) in [6, 6.07) is 16.4. The van der Waals surface area contributed by atoms with Gasteiger partial charge in [-0.05, 0) is 24.6 Å². The lowest BCUT2D eigenvalue weighted by atomic mass is 10.1. The van der Waals surface area contributed by atoms with E-state index in [2.05, 4.69) is 41.0 Å². The van der Waals surface area contributed by atoms with Crippen LogP contribution in [0, 0.1) is 6.92 Å². The first-order valence-electron chi connectivity index (χ1n) is 8.51. The van der Waals surface area contributed by atoms with E-state index in [1.165, 1.54) is 11.3 Å². The Morgan fingerprint density at radius 1 is 1.04 bits per heavy atom. The van der Waals surface area contributed by atoms with E-state index in [-0.39, 0.29) is 0 Å². The molecule has 2 aromatic carbocycles. The molecule has 4 heteroatoms. The van der Waals surface area contributed by atoms with E-state index in [1.807, 2.05) is 24.3 Å². The minimum absolute atomic E-state index is 0.422. The summed E-state index contributed by atoms with van der Waals surface area (Å²) in [5.74, 6) is 0.893. The van der Waals surface area contributed by atoms with Crippen LogP contribution >= 0.6 is 0 Å². The molecule has 3 rings (SSSR count). The van der Waals surface area contributed by atoms with Crippen LogP contribution in [0.5, 0.6) is 5.75 Å². The number of nitrogens with zero attached hydrogens (tertiary/aromatic N) is 2. The highest BCUT2D eigenvalue weighted by atomic mass is 16.5. The fourth-order valence-corrected chi connectivity index (χ4v) is 3.13. The van der Waals surface area contributed by atoms with Crippen LogP contribution in [0.4, 0.5) is 5.69 Å². The highest BCUT2D eigenvalue weighted by Gasteiger charge is 2.20. The van der Waals surface area contributed by atoms with Gasteiger partial charge in [-0.15, -0.1) is 0 Å². The standard InChI is InChI=1S/C20H26N2O2/c1-16-6-8-17(9-7-16)20(23)15-21-10-12-22(13-11-21)18-4-3-5-19(14-18)24-2/h3-9,14,20,23H,10-13,15H2,1-2H3/t20-/m1/s1. The first kappa shape index (κ1) is 16.8. The van der Waals surface area contributed by atoms with Crippen molar-refractivity contribution in [3.63, 3.8) is 0 Å². The summed E-state index contributed by atoms with van der Waals surface area (Å²) in [5.41, 5.74) is 3.42. The summed E-state index contributed by atoms with van der Waals surface area (Å²) in [6.07, 6.45) is -0.422. The van der Waals surface area contributed by atoms with E-state index in [1.54, 1.807) is 7.11 Å². The second-order valence-electron chi connectivity index (χ2n) is 6.42. The fourth-order valence-electron chi connectivity index (χ4n) is 3.13. The van der Waals surface area contributed by atoms with Gasteiger partial charge < -0.3 is 14.7 Å². The third-order valence-electron chi connectivity index (χ3n) is 4.68. The van der Waals surface area contributed by atoms with Gasteiger partial charge in [0, 0.05) is 44.5 Å². The molecule has 1 fully saturated rings. The molecule has 0 aliphatic carbocycles. The SMILES string of the molecule is COc1cccc(N2CCN(C[C@@H](O)c3ccc(C)cc3)CC2)c1. The third-order valence-corrected chi connectivity index (χ3v) is 4.68. The van der Waals surface area contributed by atoms with E-state index in [0.717, 1.165) is 37.5 Å². The van der Waals surface area contributed by atoms with Crippen LogP contribution < -0.4 is 9.64 Å². The van der Waals surface area contributed by atoms with Crippen LogP contribution in [0.15, 0.2) is 48.5 Å². The van der Waals surface area contributed by atoms with Crippen LogP contribution in [0.3, 0.4) is 0 Å². The second kappa shape index (κ2) is 7.69. The molecule has 4 nitrogen and oxygen atoms in total. The largest absolute Gasteiger partial charge is 0.497 e. The smallest absolute Gasteiger partial charge is 0.120 e. The maximum Gasteiger partial charge on any atom is 0.120 e. The van der Waals surface area contributed by atoms with Crippen LogP contribution in [-0.2, 0) is 0 Å². The lowest BCUT2D eigenvalue weighted by Gasteiger charge is -2.37. The van der Waals surface area contributed by atoms with E-state index in [0.29, 0.717) is 6.54 Å². The van der Waals surface area contributed by atoms with Gasteiger partial charge in [0.15, 0.2) is 0 Å². The maximum absolute atomic E-state index is 10.4. The average molecular weight is 326 g/mol. The Hall–Kier alpha value is -2.04. The molecule has 1 N–H and O–H groups in total. The predicted octanol–water partition coefficient (Wildman–Crippen LogP) is 2.86. The lowest BCUT2D eigenvalue weighted by Crippen LogP contribution is -2.47. The lowest BCUT2D eigenvalue weighted by molar-refractivity contribution is 0.109. The monoisotopic (exact) mass is 326 g/mol. The zero-order valence-corrected chi connectivity index (χ0v) is 14.5. The summed E-state index contributed by atoms with van der Waals surface area (Å²) in [6.45, 7) is 6.60. The number of aliphatic hydroxyl groups excluding tert-OH is 1. The molecule has 0 bridgehead atoms. The zero-order valence-electron chi connectivity index (χ0n) is 14.5. The highest BCUT2D eigenvalue weighted by molar-refractivity contribution is 5.51. The Bertz CT molecular complexity index is 649. The minimum Gasteiger partial charge on any atom is -0.497 e. The van der Waals surface area contributed by atoms with Crippen LogP contribution in [0.25, 0.3) is 0 Å². The normalized spacial score (nSPS) is 16.9. The number of hydrogen-bond donors (Lipinski definition) is 1. The molecular formula is C20H26N2O2. The number of benzene rings is 2. The van der Waals surface area contributed by atoms with Crippen LogP contribution in [-0.4, -0.2) is 49.8 Å². The van der Waals surface area contributed by atoms with E-state index in [9.17, 15) is 5.11 Å². The van der Waals surface area contributed by atoms with Crippen molar-refractivity contribution in [1.29, 1.82) is 0 Å². The number of β-amino-alcohol motifs (C(OH)–C–C–N with tert-alkyl or cyclic N) is 1. The van der Waals surface area contributed by atoms with Crippen molar-refractivity contribution in [2.45, 2.75) is 13.0 Å². The molecule has 1 atom stereocenters. The molecule has 0 radical (unpaired) electrons. The molecule has 0 saturated carbocycles. The Balaban J connectivity index is 1.54. The molecule has 1 heterocycles. The fraction of sp³-hybridized carbons (Fsp3) is 0.400. The van der Waals surface area contributed by atoms with Gasteiger partial charge in [-0.25, -0.2) is 0 Å². The first-order chi connectivity index (χ1) is 11.7. The quantitative estimate of drug-likeness (QED) is 0.916. The van der Waals surface area contributed by atoms with Crippen molar-refractivity contribution < 1.29 is 9.84 Å². The number of methoxy groups -OCH3 is 1. The van der Waals surface area contributed by atoms with Crippen LogP contribution in [0.2, 0.25) is 0 Å². The number of anilines is 1. The molecule has 0 spiro atoms. The molecule has 0 aromatic heterocycles. The number of piperazine rings is 1. The van der Waals surface area contributed by atoms with Crippen molar-refractivity contribution in [3.05, 3.63) is 59.7 Å². The van der Waals surface area contributed by atoms with Gasteiger partial charge in [-0.2, -0.15) is 0 Å². The van der Waals surface area contributed by atoms with Crippen molar-refractivity contribution in [1.82, 2.24) is 4.90 Å². The number of hydrogen-bond acceptors (Lipinski definition) is 4. The summed E-state index contributed by atoms with van der Waals surface area (Å²) < 4.78 is 5.31. The number of aliphatic hydroxyl groups is 1. The molecule has 128 valence electrons. The van der Waals surface area contributed by atoms with Crippen molar-refractivity contribution >= 4 is 5.69 Å². The minimum atomic E-state index is -0.422. The third kappa shape index (κ3) is 4.08. The predicted molar refractivity (Wildman–Crippen MR) is 97.8 cm³/mol. The van der Waals surface area contributed by atoms with E-state index < -0.39 is 6.10 Å². The summed E-state index contributed by atoms with van der Waals surface area (Å²) in [7, 11) is 1.70. The summed E-state index contributed by atoms with van der Waals surface area (Å²) in [4.78, 5) is 4.71. The zero-order chi connectivity index (χ0) is 16.9. The molecule has 0 amide bonds. The summed E-state index contributed by atoms with van der Waals surface area (Å²) >= 11 is 0. The van der Waals surface area contributed by atoms with Crippen molar-refractivity contribution in [3.8, 4) is 5.75 Å². The van der Waals surface area contributed by atoms with E-state index >= 15 is 0 Å². The van der Waals surface area contributed by atoms with Gasteiger partial charge in [0.1, 0.15) is 5.75 Å². The average Bonchev–Trinajstić information content (AvgIpc) is 2.63. The Morgan fingerprint density at radius 3 is 2.42 bits per heavy atom. The summed E-state index contributed by atoms with van der Waals surface area (Å²) in [5, 5.41) is 10.4. The topological polar surface area (TPSA) is 35.9 Å².